The lowest BCUT2D eigenvalue weighted by Gasteiger charge is -2.13. The highest BCUT2D eigenvalue weighted by molar-refractivity contribution is 4.81. The maximum atomic E-state index is 2.39. The van der Waals surface area contributed by atoms with Crippen LogP contribution >= 0.6 is 0 Å². The third-order valence-electron chi connectivity index (χ3n) is 1.90. The topological polar surface area (TPSA) is 3.24 Å². The van der Waals surface area contributed by atoms with Gasteiger partial charge < -0.3 is 4.90 Å². The van der Waals surface area contributed by atoms with Crippen LogP contribution in [0.3, 0.4) is 0 Å². The number of rotatable bonds is 7. The Morgan fingerprint density at radius 1 is 0.917 bits per heavy atom. The Morgan fingerprint density at radius 3 is 2.17 bits per heavy atom. The van der Waals surface area contributed by atoms with Gasteiger partial charge in [0.2, 0.25) is 0 Å². The standard InChI is InChI=1S/C11H23N/c1-4-6-7-8-9-11-12(3)10-5-2/h7-8H,4-6,9-11H2,1-3H3/b8-7-. The minimum atomic E-state index is 1.20. The molecule has 0 unspecified atom stereocenters. The summed E-state index contributed by atoms with van der Waals surface area (Å²) in [6.45, 7) is 6.87. The molecule has 0 radical (unpaired) electrons. The summed E-state index contributed by atoms with van der Waals surface area (Å²) in [5.41, 5.74) is 0. The van der Waals surface area contributed by atoms with E-state index >= 15 is 0 Å². The molecule has 0 heterocycles. The Balaban J connectivity index is 3.17. The molecule has 1 heteroatoms. The summed E-state index contributed by atoms with van der Waals surface area (Å²) < 4.78 is 0. The zero-order valence-electron chi connectivity index (χ0n) is 8.84. The van der Waals surface area contributed by atoms with Crippen molar-refractivity contribution < 1.29 is 0 Å². The van der Waals surface area contributed by atoms with Gasteiger partial charge in [0.25, 0.3) is 0 Å². The maximum absolute atomic E-state index is 2.39. The van der Waals surface area contributed by atoms with Gasteiger partial charge in [-0.25, -0.2) is 0 Å². The first-order chi connectivity index (χ1) is 5.81. The van der Waals surface area contributed by atoms with Crippen LogP contribution in [0, 0.1) is 0 Å². The van der Waals surface area contributed by atoms with Gasteiger partial charge in [-0.3, -0.25) is 0 Å². The first-order valence-corrected chi connectivity index (χ1v) is 5.14. The Morgan fingerprint density at radius 2 is 1.58 bits per heavy atom. The third kappa shape index (κ3) is 7.80. The molecule has 0 bridgehead atoms. The first-order valence-electron chi connectivity index (χ1n) is 5.14. The molecule has 0 atom stereocenters. The zero-order chi connectivity index (χ0) is 9.23. The molecule has 72 valence electrons. The van der Waals surface area contributed by atoms with E-state index in [-0.39, 0.29) is 0 Å². The van der Waals surface area contributed by atoms with Crippen molar-refractivity contribution in [2.45, 2.75) is 39.5 Å². The molecular formula is C11H23N. The van der Waals surface area contributed by atoms with Gasteiger partial charge in [-0.15, -0.1) is 0 Å². The quantitative estimate of drug-likeness (QED) is 0.529. The number of unbranched alkanes of at least 4 members (excludes halogenated alkanes) is 1. The van der Waals surface area contributed by atoms with Crippen LogP contribution in [-0.2, 0) is 0 Å². The fourth-order valence-electron chi connectivity index (χ4n) is 1.19. The Labute approximate surface area is 77.5 Å². The van der Waals surface area contributed by atoms with E-state index in [1.54, 1.807) is 0 Å². The number of hydrogen-bond donors (Lipinski definition) is 0. The van der Waals surface area contributed by atoms with Gasteiger partial charge in [-0.1, -0.05) is 32.4 Å². The lowest BCUT2D eigenvalue weighted by Crippen LogP contribution is -2.19. The van der Waals surface area contributed by atoms with E-state index in [4.69, 9.17) is 0 Å². The van der Waals surface area contributed by atoms with Crippen LogP contribution in [0.4, 0.5) is 0 Å². The normalized spacial score (nSPS) is 11.7. The molecule has 0 aromatic heterocycles. The maximum Gasteiger partial charge on any atom is 0.00128 e. The largest absolute Gasteiger partial charge is 0.306 e. The molecule has 0 aliphatic carbocycles. The summed E-state index contributed by atoms with van der Waals surface area (Å²) in [4.78, 5) is 2.39. The van der Waals surface area contributed by atoms with Crippen LogP contribution in [0.2, 0.25) is 0 Å². The van der Waals surface area contributed by atoms with Crippen molar-refractivity contribution in [1.82, 2.24) is 4.90 Å². The second-order valence-corrected chi connectivity index (χ2v) is 3.35. The molecule has 1 nitrogen and oxygen atoms in total. The predicted octanol–water partition coefficient (Wildman–Crippen LogP) is 3.07. The highest BCUT2D eigenvalue weighted by Gasteiger charge is 1.92. The van der Waals surface area contributed by atoms with Gasteiger partial charge in [-0.05, 0) is 32.9 Å². The van der Waals surface area contributed by atoms with Crippen LogP contribution in [0.1, 0.15) is 39.5 Å². The fourth-order valence-corrected chi connectivity index (χ4v) is 1.19. The van der Waals surface area contributed by atoms with Gasteiger partial charge in [0.15, 0.2) is 0 Å². The summed E-state index contributed by atoms with van der Waals surface area (Å²) >= 11 is 0. The van der Waals surface area contributed by atoms with E-state index in [0.29, 0.717) is 0 Å². The monoisotopic (exact) mass is 169 g/mol. The summed E-state index contributed by atoms with van der Waals surface area (Å²) in [5, 5.41) is 0. The molecule has 0 spiro atoms. The van der Waals surface area contributed by atoms with Crippen LogP contribution in [-0.4, -0.2) is 25.0 Å². The SMILES string of the molecule is CCC/C=C\CCN(C)CCC. The van der Waals surface area contributed by atoms with Crippen molar-refractivity contribution in [2.24, 2.45) is 0 Å². The zero-order valence-corrected chi connectivity index (χ0v) is 8.84. The van der Waals surface area contributed by atoms with Gasteiger partial charge >= 0.3 is 0 Å². The number of hydrogen-bond acceptors (Lipinski definition) is 1. The molecule has 0 fully saturated rings. The van der Waals surface area contributed by atoms with Crippen molar-refractivity contribution in [3.05, 3.63) is 12.2 Å². The predicted molar refractivity (Wildman–Crippen MR) is 56.5 cm³/mol. The van der Waals surface area contributed by atoms with Crippen LogP contribution in [0.5, 0.6) is 0 Å². The van der Waals surface area contributed by atoms with E-state index < -0.39 is 0 Å². The summed E-state index contributed by atoms with van der Waals surface area (Å²) in [7, 11) is 2.19. The van der Waals surface area contributed by atoms with Gasteiger partial charge in [0, 0.05) is 6.54 Å². The average molecular weight is 169 g/mol. The first kappa shape index (κ1) is 11.7. The average Bonchev–Trinajstić information content (AvgIpc) is 2.05. The fraction of sp³-hybridized carbons (Fsp3) is 0.818. The van der Waals surface area contributed by atoms with E-state index in [9.17, 15) is 0 Å². The molecule has 0 saturated heterocycles. The minimum absolute atomic E-state index is 1.20. The molecule has 0 aromatic carbocycles. The molecule has 0 rings (SSSR count). The molecular weight excluding hydrogens is 146 g/mol. The van der Waals surface area contributed by atoms with Crippen LogP contribution in [0.15, 0.2) is 12.2 Å². The molecule has 0 amide bonds. The molecule has 12 heavy (non-hydrogen) atoms. The Bertz CT molecular complexity index is 108. The molecule has 0 saturated carbocycles. The Kier molecular flexibility index (Phi) is 8.57. The van der Waals surface area contributed by atoms with Crippen LogP contribution in [0.25, 0.3) is 0 Å². The van der Waals surface area contributed by atoms with E-state index in [2.05, 4.69) is 37.9 Å². The minimum Gasteiger partial charge on any atom is -0.306 e. The molecule has 0 aromatic rings. The van der Waals surface area contributed by atoms with Crippen molar-refractivity contribution in [3.8, 4) is 0 Å². The lowest BCUT2D eigenvalue weighted by molar-refractivity contribution is 0.341. The molecule has 0 N–H and O–H groups in total. The van der Waals surface area contributed by atoms with Crippen LogP contribution < -0.4 is 0 Å². The van der Waals surface area contributed by atoms with Gasteiger partial charge in [0.05, 0.1) is 0 Å². The lowest BCUT2D eigenvalue weighted by atomic mass is 10.3. The van der Waals surface area contributed by atoms with E-state index in [1.165, 1.54) is 38.8 Å². The summed E-state index contributed by atoms with van der Waals surface area (Å²) in [5.74, 6) is 0. The highest BCUT2D eigenvalue weighted by Crippen LogP contribution is 1.94. The van der Waals surface area contributed by atoms with Gasteiger partial charge in [0.1, 0.15) is 0 Å². The highest BCUT2D eigenvalue weighted by atomic mass is 15.1. The number of allylic oxidation sites excluding steroid dienone is 1. The van der Waals surface area contributed by atoms with E-state index in [1.807, 2.05) is 0 Å². The summed E-state index contributed by atoms with van der Waals surface area (Å²) in [6, 6.07) is 0. The smallest absolute Gasteiger partial charge is 0.00128 e. The van der Waals surface area contributed by atoms with Crippen molar-refractivity contribution in [3.63, 3.8) is 0 Å². The number of nitrogens with zero attached hydrogens (tertiary/aromatic N) is 1. The molecule has 0 aliphatic rings. The van der Waals surface area contributed by atoms with E-state index in [0.717, 1.165) is 0 Å². The van der Waals surface area contributed by atoms with Crippen molar-refractivity contribution in [2.75, 3.05) is 20.1 Å². The van der Waals surface area contributed by atoms with Crippen molar-refractivity contribution >= 4 is 0 Å². The molecule has 0 aliphatic heterocycles. The van der Waals surface area contributed by atoms with Gasteiger partial charge in [-0.2, -0.15) is 0 Å². The second kappa shape index (κ2) is 8.79. The summed E-state index contributed by atoms with van der Waals surface area (Å²) in [6.07, 6.45) is 9.56. The third-order valence-corrected chi connectivity index (χ3v) is 1.90. The second-order valence-electron chi connectivity index (χ2n) is 3.35. The van der Waals surface area contributed by atoms with Crippen molar-refractivity contribution in [1.29, 1.82) is 0 Å². The Hall–Kier alpha value is -0.300.